The van der Waals surface area contributed by atoms with Crippen molar-refractivity contribution in [3.8, 4) is 0 Å². The van der Waals surface area contributed by atoms with Crippen LogP contribution in [0.2, 0.25) is 5.02 Å². The van der Waals surface area contributed by atoms with E-state index in [0.29, 0.717) is 18.2 Å². The van der Waals surface area contributed by atoms with Crippen LogP contribution in [0.5, 0.6) is 0 Å². The second kappa shape index (κ2) is 8.43. The zero-order valence-corrected chi connectivity index (χ0v) is 15.8. The highest BCUT2D eigenvalue weighted by atomic mass is 35.5. The van der Waals surface area contributed by atoms with E-state index in [9.17, 15) is 4.39 Å². The fourth-order valence-corrected chi connectivity index (χ4v) is 3.33. The Morgan fingerprint density at radius 3 is 2.56 bits per heavy atom. The van der Waals surface area contributed by atoms with Gasteiger partial charge in [0.1, 0.15) is 5.82 Å². The Kier molecular flexibility index (Phi) is 6.54. The van der Waals surface area contributed by atoms with Gasteiger partial charge in [-0.1, -0.05) is 24.6 Å². The lowest BCUT2D eigenvalue weighted by Crippen LogP contribution is -2.18. The van der Waals surface area contributed by atoms with Crippen molar-refractivity contribution < 1.29 is 4.39 Å². The van der Waals surface area contributed by atoms with Gasteiger partial charge in [-0.25, -0.2) is 4.39 Å². The third-order valence-electron chi connectivity index (χ3n) is 4.75. The summed E-state index contributed by atoms with van der Waals surface area (Å²) < 4.78 is 14.2. The summed E-state index contributed by atoms with van der Waals surface area (Å²) in [4.78, 5) is 4.70. The smallest absolute Gasteiger partial charge is 0.134 e. The molecule has 1 aliphatic rings. The first kappa shape index (κ1) is 19.4. The van der Waals surface area contributed by atoms with Crippen molar-refractivity contribution in [1.29, 1.82) is 5.41 Å². The number of halogens is 2. The van der Waals surface area contributed by atoms with E-state index in [1.807, 2.05) is 20.8 Å². The van der Waals surface area contributed by atoms with Crippen LogP contribution in [0.1, 0.15) is 52.0 Å². The minimum absolute atomic E-state index is 0.221. The third-order valence-corrected chi connectivity index (χ3v) is 5.07. The summed E-state index contributed by atoms with van der Waals surface area (Å²) in [5.74, 6) is -0.444. The average molecular weight is 362 g/mol. The Bertz CT molecular complexity index is 738. The molecule has 3 nitrogen and oxygen atoms in total. The predicted octanol–water partition coefficient (Wildman–Crippen LogP) is 5.54. The molecule has 0 atom stereocenters. The molecule has 1 aliphatic carbocycles. The molecular weight excluding hydrogens is 337 g/mol. The largest absolute Gasteiger partial charge is 0.398 e. The van der Waals surface area contributed by atoms with E-state index in [-0.39, 0.29) is 10.6 Å². The Balaban J connectivity index is 2.56. The van der Waals surface area contributed by atoms with Crippen LogP contribution in [0.25, 0.3) is 5.70 Å². The van der Waals surface area contributed by atoms with Crippen LogP contribution in [0.4, 0.5) is 4.39 Å². The number of nitrogens with zero attached hydrogens (tertiary/aromatic N) is 1. The summed E-state index contributed by atoms with van der Waals surface area (Å²) in [6.07, 6.45) is 5.33. The number of hydrogen-bond acceptors (Lipinski definition) is 3. The predicted molar refractivity (Wildman–Crippen MR) is 105 cm³/mol. The maximum Gasteiger partial charge on any atom is 0.134 e. The van der Waals surface area contributed by atoms with Crippen LogP contribution in [-0.2, 0) is 0 Å². The number of allylic oxidation sites excluding steroid dienone is 3. The minimum Gasteiger partial charge on any atom is -0.398 e. The van der Waals surface area contributed by atoms with Gasteiger partial charge in [0.2, 0.25) is 0 Å². The monoisotopic (exact) mass is 361 g/mol. The van der Waals surface area contributed by atoms with Gasteiger partial charge in [0, 0.05) is 23.2 Å². The lowest BCUT2D eigenvalue weighted by molar-refractivity contribution is 0.420. The molecule has 0 radical (unpaired) electrons. The lowest BCUT2D eigenvalue weighted by atomic mass is 9.91. The van der Waals surface area contributed by atoms with Gasteiger partial charge in [0.25, 0.3) is 0 Å². The molecule has 0 aliphatic heterocycles. The summed E-state index contributed by atoms with van der Waals surface area (Å²) in [5.41, 5.74) is 10.0. The standard InChI is InChI=1S/C20H25ClFN3/c1-4-15(20(24)19-17(21)9-6-10-18(19)22)12(2)16(11-23)13(3)25-14-7-5-8-14/h6,9-11,14,23H,4-5,7-8,24H2,1-3H3. The van der Waals surface area contributed by atoms with Gasteiger partial charge >= 0.3 is 0 Å². The van der Waals surface area contributed by atoms with E-state index in [0.717, 1.165) is 35.3 Å². The van der Waals surface area contributed by atoms with Crippen molar-refractivity contribution in [2.75, 3.05) is 0 Å². The minimum atomic E-state index is -0.444. The third kappa shape index (κ3) is 4.18. The molecule has 0 spiro atoms. The SMILES string of the molecule is CCC(C(C)=C(C=N)C(C)=NC1CCC1)=C(N)c1c(F)cccc1Cl. The number of nitrogens with two attached hydrogens (primary N) is 1. The summed E-state index contributed by atoms with van der Waals surface area (Å²) in [6, 6.07) is 4.89. The number of hydrogen-bond donors (Lipinski definition) is 2. The Morgan fingerprint density at radius 2 is 2.08 bits per heavy atom. The van der Waals surface area contributed by atoms with Crippen LogP contribution in [-0.4, -0.2) is 18.0 Å². The van der Waals surface area contributed by atoms with Crippen LogP contribution in [0.15, 0.2) is 39.9 Å². The van der Waals surface area contributed by atoms with E-state index in [1.165, 1.54) is 18.7 Å². The highest BCUT2D eigenvalue weighted by molar-refractivity contribution is 6.32. The van der Waals surface area contributed by atoms with Gasteiger partial charge in [-0.3, -0.25) is 4.99 Å². The van der Waals surface area contributed by atoms with Gasteiger partial charge in [-0.15, -0.1) is 0 Å². The second-order valence-electron chi connectivity index (χ2n) is 6.32. The van der Waals surface area contributed by atoms with E-state index >= 15 is 0 Å². The fourth-order valence-electron chi connectivity index (χ4n) is 3.07. The summed E-state index contributed by atoms with van der Waals surface area (Å²) >= 11 is 6.16. The molecule has 0 saturated heterocycles. The van der Waals surface area contributed by atoms with Crippen LogP contribution >= 0.6 is 11.6 Å². The van der Waals surface area contributed by atoms with Crippen molar-refractivity contribution in [3.63, 3.8) is 0 Å². The van der Waals surface area contributed by atoms with Crippen molar-refractivity contribution >= 4 is 29.2 Å². The van der Waals surface area contributed by atoms with E-state index in [1.54, 1.807) is 12.1 Å². The molecular formula is C20H25ClFN3. The Morgan fingerprint density at radius 1 is 1.40 bits per heavy atom. The average Bonchev–Trinajstić information content (AvgIpc) is 2.52. The van der Waals surface area contributed by atoms with Crippen LogP contribution in [0, 0.1) is 11.2 Å². The summed E-state index contributed by atoms with van der Waals surface area (Å²) in [5, 5.41) is 8.10. The number of benzene rings is 1. The zero-order chi connectivity index (χ0) is 18.6. The first-order chi connectivity index (χ1) is 11.9. The first-order valence-corrected chi connectivity index (χ1v) is 8.97. The van der Waals surface area contributed by atoms with Crippen molar-refractivity contribution in [2.45, 2.75) is 52.5 Å². The quantitative estimate of drug-likeness (QED) is 0.507. The van der Waals surface area contributed by atoms with Gasteiger partial charge in [0.05, 0.1) is 16.6 Å². The molecule has 1 fully saturated rings. The molecule has 0 unspecified atom stereocenters. The molecule has 5 heteroatoms. The lowest BCUT2D eigenvalue weighted by Gasteiger charge is -2.22. The molecule has 2 rings (SSSR count). The molecule has 25 heavy (non-hydrogen) atoms. The molecule has 134 valence electrons. The maximum absolute atomic E-state index is 14.2. The second-order valence-corrected chi connectivity index (χ2v) is 6.73. The van der Waals surface area contributed by atoms with Crippen LogP contribution < -0.4 is 5.73 Å². The molecule has 3 N–H and O–H groups in total. The van der Waals surface area contributed by atoms with Crippen molar-refractivity contribution in [3.05, 3.63) is 51.3 Å². The summed E-state index contributed by atoms with van der Waals surface area (Å²) in [6.45, 7) is 5.78. The first-order valence-electron chi connectivity index (χ1n) is 8.60. The van der Waals surface area contributed by atoms with E-state index in [2.05, 4.69) is 0 Å². The zero-order valence-electron chi connectivity index (χ0n) is 15.0. The summed E-state index contributed by atoms with van der Waals surface area (Å²) in [7, 11) is 0. The molecule has 1 aromatic rings. The van der Waals surface area contributed by atoms with Crippen molar-refractivity contribution in [1.82, 2.24) is 0 Å². The van der Waals surface area contributed by atoms with Crippen molar-refractivity contribution in [2.24, 2.45) is 10.7 Å². The number of nitrogens with one attached hydrogen (secondary N) is 1. The topological polar surface area (TPSA) is 62.2 Å². The van der Waals surface area contributed by atoms with Crippen LogP contribution in [0.3, 0.4) is 0 Å². The normalized spacial score (nSPS) is 17.6. The van der Waals surface area contributed by atoms with Gasteiger partial charge in [-0.05, 0) is 62.8 Å². The molecule has 0 heterocycles. The molecule has 0 aromatic heterocycles. The highest BCUT2D eigenvalue weighted by Crippen LogP contribution is 2.31. The maximum atomic E-state index is 14.2. The Hall–Kier alpha value is -1.94. The number of rotatable bonds is 6. The van der Waals surface area contributed by atoms with Gasteiger partial charge < -0.3 is 11.1 Å². The molecule has 1 aromatic carbocycles. The molecule has 0 bridgehead atoms. The van der Waals surface area contributed by atoms with Gasteiger partial charge in [-0.2, -0.15) is 0 Å². The highest BCUT2D eigenvalue weighted by Gasteiger charge is 2.19. The van der Waals surface area contributed by atoms with Gasteiger partial charge in [0.15, 0.2) is 0 Å². The molecule has 0 amide bonds. The van der Waals surface area contributed by atoms with E-state index in [4.69, 9.17) is 27.7 Å². The molecule has 1 saturated carbocycles. The fraction of sp³-hybridized carbons (Fsp3) is 0.400. The number of aliphatic imine (C=N–C) groups is 1. The Labute approximate surface area is 154 Å². The van der Waals surface area contributed by atoms with E-state index < -0.39 is 5.82 Å².